The fourth-order valence-corrected chi connectivity index (χ4v) is 1.51. The number of ether oxygens (including phenoxy) is 1. The second kappa shape index (κ2) is 3.67. The summed E-state index contributed by atoms with van der Waals surface area (Å²) in [4.78, 5) is 19.2. The first-order valence-corrected chi connectivity index (χ1v) is 4.72. The fourth-order valence-electron chi connectivity index (χ4n) is 1.03. The van der Waals surface area contributed by atoms with Gasteiger partial charge in [-0.15, -0.1) is 0 Å². The highest BCUT2D eigenvalue weighted by atomic mass is 32.2. The first kappa shape index (κ1) is 9.01. The topological polar surface area (TPSA) is 63.6 Å². The number of aromatic nitrogens is 1. The third-order valence-corrected chi connectivity index (χ3v) is 2.23. The van der Waals surface area contributed by atoms with Crippen molar-refractivity contribution in [1.29, 1.82) is 0 Å². The molecule has 0 aliphatic carbocycles. The van der Waals surface area contributed by atoms with Crippen LogP contribution in [0.2, 0.25) is 0 Å². The minimum Gasteiger partial charge on any atom is -0.465 e. The Bertz CT molecular complexity index is 406. The largest absolute Gasteiger partial charge is 0.465 e. The van der Waals surface area contributed by atoms with Gasteiger partial charge < -0.3 is 9.46 Å². The first-order valence-electron chi connectivity index (χ1n) is 3.84. The van der Waals surface area contributed by atoms with E-state index in [0.717, 1.165) is 5.69 Å². The van der Waals surface area contributed by atoms with Crippen LogP contribution in [0.4, 0.5) is 11.5 Å². The lowest BCUT2D eigenvalue weighted by atomic mass is 10.2. The van der Waals surface area contributed by atoms with E-state index in [1.807, 2.05) is 0 Å². The molecule has 2 heterocycles. The number of nitrogens with zero attached hydrogens (tertiary/aromatic N) is 2. The molecule has 0 radical (unpaired) electrons. The van der Waals surface area contributed by atoms with Gasteiger partial charge in [0.15, 0.2) is 5.82 Å². The minimum atomic E-state index is -0.401. The van der Waals surface area contributed by atoms with Gasteiger partial charge in [-0.2, -0.15) is 0 Å². The molecule has 5 nitrogen and oxygen atoms in total. The molecule has 2 rings (SSSR count). The molecule has 6 heteroatoms. The number of rotatable bonds is 1. The normalized spacial score (nSPS) is 12.9. The summed E-state index contributed by atoms with van der Waals surface area (Å²) in [6, 6.07) is 1.66. The standard InChI is InChI=1S/C8H7N3O2S/c1-13-8(12)5-2-6-7(9-3-5)10-4-14-11-6/h2-4,11H,1H3. The second-order valence-electron chi connectivity index (χ2n) is 2.54. The van der Waals surface area contributed by atoms with Gasteiger partial charge in [-0.25, -0.2) is 14.8 Å². The van der Waals surface area contributed by atoms with E-state index in [1.54, 1.807) is 11.6 Å². The number of nitrogens with one attached hydrogen (secondary N) is 1. The zero-order chi connectivity index (χ0) is 9.97. The molecule has 0 bridgehead atoms. The summed E-state index contributed by atoms with van der Waals surface area (Å²) >= 11 is 1.33. The molecular weight excluding hydrogens is 202 g/mol. The minimum absolute atomic E-state index is 0.401. The fraction of sp³-hybridized carbons (Fsp3) is 0.125. The summed E-state index contributed by atoms with van der Waals surface area (Å²) in [7, 11) is 1.34. The Morgan fingerprint density at radius 1 is 1.64 bits per heavy atom. The van der Waals surface area contributed by atoms with E-state index in [1.165, 1.54) is 25.3 Å². The Morgan fingerprint density at radius 2 is 2.50 bits per heavy atom. The van der Waals surface area contributed by atoms with Gasteiger partial charge in [-0.05, 0) is 18.0 Å². The Hall–Kier alpha value is -1.56. The molecule has 0 amide bonds. The molecule has 0 atom stereocenters. The smallest absolute Gasteiger partial charge is 0.339 e. The molecule has 0 spiro atoms. The van der Waals surface area contributed by atoms with Crippen molar-refractivity contribution >= 4 is 35.0 Å². The summed E-state index contributed by atoms with van der Waals surface area (Å²) in [5.74, 6) is 0.179. The van der Waals surface area contributed by atoms with Gasteiger partial charge in [0.05, 0.1) is 23.9 Å². The van der Waals surface area contributed by atoms with Gasteiger partial charge in [-0.1, -0.05) is 0 Å². The molecule has 0 saturated heterocycles. The van der Waals surface area contributed by atoms with Crippen molar-refractivity contribution in [2.75, 3.05) is 11.8 Å². The Morgan fingerprint density at radius 3 is 3.29 bits per heavy atom. The van der Waals surface area contributed by atoms with E-state index in [2.05, 4.69) is 19.4 Å². The van der Waals surface area contributed by atoms with Gasteiger partial charge in [0.1, 0.15) is 0 Å². The van der Waals surface area contributed by atoms with Crippen LogP contribution in [0.15, 0.2) is 17.3 Å². The van der Waals surface area contributed by atoms with Crippen LogP contribution in [0, 0.1) is 0 Å². The lowest BCUT2D eigenvalue weighted by Gasteiger charge is -2.10. The van der Waals surface area contributed by atoms with Gasteiger partial charge in [0.25, 0.3) is 0 Å². The van der Waals surface area contributed by atoms with Crippen LogP contribution in [-0.2, 0) is 4.74 Å². The molecule has 0 fully saturated rings. The molecule has 0 saturated carbocycles. The number of aliphatic imine (C=N–C) groups is 1. The molecule has 1 aliphatic heterocycles. The van der Waals surface area contributed by atoms with Crippen molar-refractivity contribution in [3.05, 3.63) is 17.8 Å². The van der Waals surface area contributed by atoms with Crippen LogP contribution in [-0.4, -0.2) is 23.6 Å². The average Bonchev–Trinajstić information content (AvgIpc) is 2.27. The molecule has 1 aromatic heterocycles. The lowest BCUT2D eigenvalue weighted by Crippen LogP contribution is -2.04. The third-order valence-electron chi connectivity index (χ3n) is 1.68. The van der Waals surface area contributed by atoms with Crippen LogP contribution in [0.1, 0.15) is 10.4 Å². The first-order chi connectivity index (χ1) is 6.81. The number of pyridine rings is 1. The van der Waals surface area contributed by atoms with E-state index in [0.29, 0.717) is 11.4 Å². The number of methoxy groups -OCH3 is 1. The summed E-state index contributed by atoms with van der Waals surface area (Å²) in [5.41, 5.74) is 2.78. The molecule has 1 aliphatic rings. The predicted molar refractivity (Wildman–Crippen MR) is 54.9 cm³/mol. The summed E-state index contributed by atoms with van der Waals surface area (Å²) in [5, 5.41) is 0. The number of fused-ring (bicyclic) bond motifs is 1. The van der Waals surface area contributed by atoms with Crippen molar-refractivity contribution in [1.82, 2.24) is 4.98 Å². The predicted octanol–water partition coefficient (Wildman–Crippen LogP) is 1.60. The van der Waals surface area contributed by atoms with Gasteiger partial charge in [0, 0.05) is 6.20 Å². The summed E-state index contributed by atoms with van der Waals surface area (Å²) < 4.78 is 7.55. The second-order valence-corrected chi connectivity index (χ2v) is 3.19. The van der Waals surface area contributed by atoms with Crippen molar-refractivity contribution in [3.63, 3.8) is 0 Å². The van der Waals surface area contributed by atoms with Crippen LogP contribution in [0.3, 0.4) is 0 Å². The number of esters is 1. The third kappa shape index (κ3) is 1.56. The van der Waals surface area contributed by atoms with E-state index in [9.17, 15) is 4.79 Å². The molecule has 0 unspecified atom stereocenters. The number of anilines is 1. The van der Waals surface area contributed by atoms with Crippen LogP contribution < -0.4 is 4.72 Å². The lowest BCUT2D eigenvalue weighted by molar-refractivity contribution is 0.0600. The van der Waals surface area contributed by atoms with Crippen molar-refractivity contribution in [3.8, 4) is 0 Å². The number of carbonyl (C=O) groups excluding carboxylic acids is 1. The highest BCUT2D eigenvalue weighted by Crippen LogP contribution is 2.28. The van der Waals surface area contributed by atoms with E-state index in [-0.39, 0.29) is 0 Å². The monoisotopic (exact) mass is 209 g/mol. The molecule has 72 valence electrons. The van der Waals surface area contributed by atoms with Crippen molar-refractivity contribution in [2.24, 2.45) is 4.99 Å². The molecule has 1 N–H and O–H groups in total. The van der Waals surface area contributed by atoms with E-state index in [4.69, 9.17) is 0 Å². The van der Waals surface area contributed by atoms with Crippen LogP contribution in [0.25, 0.3) is 0 Å². The SMILES string of the molecule is COC(=O)c1cnc2c(c1)NSC=N2. The molecular formula is C8H7N3O2S. The maximum Gasteiger partial charge on any atom is 0.339 e. The van der Waals surface area contributed by atoms with Gasteiger partial charge in [-0.3, -0.25) is 0 Å². The Kier molecular flexibility index (Phi) is 2.36. The Labute approximate surface area is 84.7 Å². The highest BCUT2D eigenvalue weighted by molar-refractivity contribution is 8.13. The zero-order valence-electron chi connectivity index (χ0n) is 7.35. The van der Waals surface area contributed by atoms with E-state index < -0.39 is 5.97 Å². The van der Waals surface area contributed by atoms with Gasteiger partial charge in [0.2, 0.25) is 0 Å². The Balaban J connectivity index is 2.39. The maximum absolute atomic E-state index is 11.2. The van der Waals surface area contributed by atoms with Crippen molar-refractivity contribution in [2.45, 2.75) is 0 Å². The molecule has 0 aromatic carbocycles. The summed E-state index contributed by atoms with van der Waals surface area (Å²) in [6.07, 6.45) is 1.44. The maximum atomic E-state index is 11.2. The van der Waals surface area contributed by atoms with Crippen LogP contribution >= 0.6 is 11.9 Å². The van der Waals surface area contributed by atoms with Crippen LogP contribution in [0.5, 0.6) is 0 Å². The van der Waals surface area contributed by atoms with Crippen molar-refractivity contribution < 1.29 is 9.53 Å². The number of carbonyl (C=O) groups is 1. The van der Waals surface area contributed by atoms with E-state index >= 15 is 0 Å². The van der Waals surface area contributed by atoms with Gasteiger partial charge >= 0.3 is 5.97 Å². The molecule has 14 heavy (non-hydrogen) atoms. The summed E-state index contributed by atoms with van der Waals surface area (Å²) in [6.45, 7) is 0. The average molecular weight is 209 g/mol. The quantitative estimate of drug-likeness (QED) is 0.562. The number of hydrogen-bond acceptors (Lipinski definition) is 6. The highest BCUT2D eigenvalue weighted by Gasteiger charge is 2.12. The number of hydrogen-bond donors (Lipinski definition) is 1. The molecule has 1 aromatic rings. The zero-order valence-corrected chi connectivity index (χ0v) is 8.17.